The molecule has 0 aliphatic heterocycles. The van der Waals surface area contributed by atoms with Crippen LogP contribution in [0.2, 0.25) is 10.0 Å². The van der Waals surface area contributed by atoms with Crippen LogP contribution in [-0.2, 0) is 0 Å². The van der Waals surface area contributed by atoms with Crippen LogP contribution in [0, 0.1) is 11.2 Å². The van der Waals surface area contributed by atoms with Gasteiger partial charge in [0.25, 0.3) is 5.91 Å². The number of rotatable bonds is 3. The van der Waals surface area contributed by atoms with Gasteiger partial charge >= 0.3 is 0 Å². The van der Waals surface area contributed by atoms with Crippen LogP contribution in [0.15, 0.2) is 12.1 Å². The standard InChI is InChI=1S/C14H16Cl2FNO2/c1-14(7-19)4-2-3-12(14)18-13(20)8-5-11(17)10(16)6-9(8)15/h5-6,12,19H,2-4,7H2,1H3,(H,18,20). The van der Waals surface area contributed by atoms with E-state index in [0.717, 1.165) is 25.3 Å². The summed E-state index contributed by atoms with van der Waals surface area (Å²) in [6.45, 7) is 1.93. The Hall–Kier alpha value is -0.840. The lowest BCUT2D eigenvalue weighted by Gasteiger charge is -2.30. The van der Waals surface area contributed by atoms with Gasteiger partial charge in [-0.1, -0.05) is 36.5 Å². The molecule has 0 heterocycles. The van der Waals surface area contributed by atoms with Crippen LogP contribution >= 0.6 is 23.2 Å². The van der Waals surface area contributed by atoms with E-state index in [1.807, 2.05) is 6.92 Å². The number of carbonyl (C=O) groups excluding carboxylic acids is 1. The summed E-state index contributed by atoms with van der Waals surface area (Å²) in [4.78, 5) is 12.2. The summed E-state index contributed by atoms with van der Waals surface area (Å²) in [6.07, 6.45) is 2.57. The smallest absolute Gasteiger partial charge is 0.253 e. The molecule has 1 aromatic carbocycles. The number of hydrogen-bond donors (Lipinski definition) is 2. The third kappa shape index (κ3) is 2.92. The van der Waals surface area contributed by atoms with E-state index >= 15 is 0 Å². The lowest BCUT2D eigenvalue weighted by molar-refractivity contribution is 0.0830. The number of aliphatic hydroxyl groups excluding tert-OH is 1. The molecule has 1 aromatic rings. The predicted molar refractivity (Wildman–Crippen MR) is 76.7 cm³/mol. The number of nitrogens with one attached hydrogen (secondary N) is 1. The van der Waals surface area contributed by atoms with Crippen molar-refractivity contribution in [1.82, 2.24) is 5.32 Å². The Kier molecular flexibility index (Phi) is 4.57. The molecule has 1 aliphatic carbocycles. The van der Waals surface area contributed by atoms with Crippen molar-refractivity contribution in [3.63, 3.8) is 0 Å². The van der Waals surface area contributed by atoms with Crippen LogP contribution in [0.3, 0.4) is 0 Å². The van der Waals surface area contributed by atoms with E-state index in [2.05, 4.69) is 5.32 Å². The first-order valence-electron chi connectivity index (χ1n) is 6.43. The molecule has 1 saturated carbocycles. The molecule has 1 amide bonds. The van der Waals surface area contributed by atoms with Gasteiger partial charge in [-0.3, -0.25) is 4.79 Å². The number of carbonyl (C=O) groups is 1. The van der Waals surface area contributed by atoms with Crippen molar-refractivity contribution >= 4 is 29.1 Å². The van der Waals surface area contributed by atoms with Crippen molar-refractivity contribution in [3.8, 4) is 0 Å². The molecule has 2 rings (SSSR count). The monoisotopic (exact) mass is 319 g/mol. The number of aliphatic hydroxyl groups is 1. The van der Waals surface area contributed by atoms with Gasteiger partial charge < -0.3 is 10.4 Å². The molecule has 20 heavy (non-hydrogen) atoms. The average molecular weight is 320 g/mol. The van der Waals surface area contributed by atoms with Gasteiger partial charge in [0.05, 0.1) is 22.2 Å². The largest absolute Gasteiger partial charge is 0.396 e. The lowest BCUT2D eigenvalue weighted by atomic mass is 9.85. The number of benzene rings is 1. The Bertz CT molecular complexity index is 538. The Morgan fingerprint density at radius 2 is 2.20 bits per heavy atom. The second-order valence-corrected chi connectivity index (χ2v) is 6.29. The third-order valence-corrected chi connectivity index (χ3v) is 4.61. The van der Waals surface area contributed by atoms with E-state index in [9.17, 15) is 14.3 Å². The molecule has 0 bridgehead atoms. The van der Waals surface area contributed by atoms with Crippen molar-refractivity contribution in [1.29, 1.82) is 0 Å². The van der Waals surface area contributed by atoms with Crippen LogP contribution in [0.5, 0.6) is 0 Å². The highest BCUT2D eigenvalue weighted by Gasteiger charge is 2.39. The van der Waals surface area contributed by atoms with E-state index in [1.165, 1.54) is 6.07 Å². The van der Waals surface area contributed by atoms with Crippen molar-refractivity contribution in [2.75, 3.05) is 6.61 Å². The molecule has 0 saturated heterocycles. The highest BCUT2D eigenvalue weighted by Crippen LogP contribution is 2.37. The zero-order chi connectivity index (χ0) is 14.9. The summed E-state index contributed by atoms with van der Waals surface area (Å²) >= 11 is 11.5. The van der Waals surface area contributed by atoms with Gasteiger partial charge in [0.2, 0.25) is 0 Å². The first-order valence-corrected chi connectivity index (χ1v) is 7.19. The van der Waals surface area contributed by atoms with Crippen LogP contribution in [-0.4, -0.2) is 23.7 Å². The second kappa shape index (κ2) is 5.88. The number of halogens is 3. The van der Waals surface area contributed by atoms with Crippen LogP contribution in [0.4, 0.5) is 4.39 Å². The molecule has 3 nitrogen and oxygen atoms in total. The Morgan fingerprint density at radius 1 is 1.50 bits per heavy atom. The van der Waals surface area contributed by atoms with Gasteiger partial charge in [0.1, 0.15) is 5.82 Å². The molecule has 2 N–H and O–H groups in total. The minimum atomic E-state index is -0.683. The highest BCUT2D eigenvalue weighted by atomic mass is 35.5. The van der Waals surface area contributed by atoms with Gasteiger partial charge in [-0.25, -0.2) is 4.39 Å². The first-order chi connectivity index (χ1) is 9.37. The quantitative estimate of drug-likeness (QED) is 0.839. The average Bonchev–Trinajstić information content (AvgIpc) is 2.76. The van der Waals surface area contributed by atoms with E-state index < -0.39 is 11.7 Å². The first kappa shape index (κ1) is 15.5. The Morgan fingerprint density at radius 3 is 2.85 bits per heavy atom. The van der Waals surface area contributed by atoms with E-state index in [0.29, 0.717) is 0 Å². The molecule has 2 unspecified atom stereocenters. The van der Waals surface area contributed by atoms with Gasteiger partial charge in [-0.2, -0.15) is 0 Å². The molecule has 110 valence electrons. The summed E-state index contributed by atoms with van der Waals surface area (Å²) in [6, 6.07) is 2.10. The minimum Gasteiger partial charge on any atom is -0.396 e. The maximum Gasteiger partial charge on any atom is 0.253 e. The molecule has 0 radical (unpaired) electrons. The fourth-order valence-electron chi connectivity index (χ4n) is 2.60. The predicted octanol–water partition coefficient (Wildman–Crippen LogP) is 3.41. The summed E-state index contributed by atoms with van der Waals surface area (Å²) in [7, 11) is 0. The molecule has 0 aromatic heterocycles. The van der Waals surface area contributed by atoms with Gasteiger partial charge in [-0.15, -0.1) is 0 Å². The Balaban J connectivity index is 2.19. The molecule has 1 fully saturated rings. The lowest BCUT2D eigenvalue weighted by Crippen LogP contribution is -2.44. The van der Waals surface area contributed by atoms with Gasteiger partial charge in [-0.05, 0) is 25.0 Å². The normalized spacial score (nSPS) is 25.8. The van der Waals surface area contributed by atoms with Gasteiger partial charge in [0.15, 0.2) is 0 Å². The molecular weight excluding hydrogens is 304 g/mol. The van der Waals surface area contributed by atoms with E-state index in [1.54, 1.807) is 0 Å². The minimum absolute atomic E-state index is 0.000653. The summed E-state index contributed by atoms with van der Waals surface area (Å²) in [5.41, 5.74) is -0.284. The van der Waals surface area contributed by atoms with Crippen molar-refractivity contribution in [2.24, 2.45) is 5.41 Å². The zero-order valence-electron chi connectivity index (χ0n) is 11.0. The fraction of sp³-hybridized carbons (Fsp3) is 0.500. The maximum absolute atomic E-state index is 13.4. The summed E-state index contributed by atoms with van der Waals surface area (Å²) in [5.74, 6) is -1.13. The third-order valence-electron chi connectivity index (χ3n) is 4.00. The fourth-order valence-corrected chi connectivity index (χ4v) is 3.07. The van der Waals surface area contributed by atoms with Gasteiger partial charge in [0, 0.05) is 11.5 Å². The molecule has 6 heteroatoms. The molecular formula is C14H16Cl2FNO2. The Labute approximate surface area is 127 Å². The highest BCUT2D eigenvalue weighted by molar-refractivity contribution is 6.36. The summed E-state index contributed by atoms with van der Waals surface area (Å²) < 4.78 is 13.4. The number of amides is 1. The SMILES string of the molecule is CC1(CO)CCCC1NC(=O)c1cc(F)c(Cl)cc1Cl. The maximum atomic E-state index is 13.4. The number of hydrogen-bond acceptors (Lipinski definition) is 2. The van der Waals surface area contributed by atoms with Crippen molar-refractivity contribution in [2.45, 2.75) is 32.2 Å². The molecule has 1 aliphatic rings. The second-order valence-electron chi connectivity index (χ2n) is 5.48. The van der Waals surface area contributed by atoms with E-state index in [4.69, 9.17) is 23.2 Å². The zero-order valence-corrected chi connectivity index (χ0v) is 12.6. The summed E-state index contributed by atoms with van der Waals surface area (Å²) in [5, 5.41) is 12.3. The van der Waals surface area contributed by atoms with E-state index in [-0.39, 0.29) is 33.7 Å². The van der Waals surface area contributed by atoms with Crippen LogP contribution in [0.1, 0.15) is 36.5 Å². The van der Waals surface area contributed by atoms with Crippen LogP contribution < -0.4 is 5.32 Å². The molecule has 0 spiro atoms. The topological polar surface area (TPSA) is 49.3 Å². The van der Waals surface area contributed by atoms with Crippen LogP contribution in [0.25, 0.3) is 0 Å². The van der Waals surface area contributed by atoms with Crippen molar-refractivity contribution < 1.29 is 14.3 Å². The van der Waals surface area contributed by atoms with Crippen molar-refractivity contribution in [3.05, 3.63) is 33.6 Å². The molecule has 2 atom stereocenters.